The Morgan fingerprint density at radius 2 is 1.76 bits per heavy atom. The molecule has 0 saturated carbocycles. The molecule has 0 saturated heterocycles. The fourth-order valence-electron chi connectivity index (χ4n) is 3.35. The summed E-state index contributed by atoms with van der Waals surface area (Å²) in [4.78, 5) is 27.0. The number of carbonyl (C=O) groups excluding carboxylic acids is 2. The maximum absolute atomic E-state index is 14.2. The summed E-state index contributed by atoms with van der Waals surface area (Å²) in [5.74, 6) is -1.31. The van der Waals surface area contributed by atoms with E-state index in [4.69, 9.17) is 11.6 Å². The van der Waals surface area contributed by atoms with Crippen LogP contribution in [-0.2, 0) is 26.2 Å². The van der Waals surface area contributed by atoms with E-state index in [-0.39, 0.29) is 43.4 Å². The Balaban J connectivity index is 2.18. The van der Waals surface area contributed by atoms with E-state index in [9.17, 15) is 22.4 Å². The van der Waals surface area contributed by atoms with Crippen molar-refractivity contribution in [1.29, 1.82) is 0 Å². The molecular formula is C23H29ClFN3O4S. The van der Waals surface area contributed by atoms with Crippen molar-refractivity contribution in [2.75, 3.05) is 23.7 Å². The summed E-state index contributed by atoms with van der Waals surface area (Å²) >= 11 is 6.25. The molecule has 0 aliphatic heterocycles. The lowest BCUT2D eigenvalue weighted by molar-refractivity contribution is -0.140. The highest BCUT2D eigenvalue weighted by Gasteiger charge is 2.27. The zero-order valence-electron chi connectivity index (χ0n) is 18.9. The van der Waals surface area contributed by atoms with Gasteiger partial charge in [0.25, 0.3) is 0 Å². The summed E-state index contributed by atoms with van der Waals surface area (Å²) in [6.07, 6.45) is 1.10. The summed E-state index contributed by atoms with van der Waals surface area (Å²) in [6, 6.07) is 11.8. The van der Waals surface area contributed by atoms with Gasteiger partial charge in [0.05, 0.1) is 11.9 Å². The van der Waals surface area contributed by atoms with Gasteiger partial charge in [-0.2, -0.15) is 0 Å². The third-order valence-electron chi connectivity index (χ3n) is 5.09. The van der Waals surface area contributed by atoms with Crippen LogP contribution in [0.4, 0.5) is 10.1 Å². The van der Waals surface area contributed by atoms with Crippen molar-refractivity contribution in [2.45, 2.75) is 39.3 Å². The molecule has 0 aliphatic rings. The van der Waals surface area contributed by atoms with Crippen molar-refractivity contribution in [2.24, 2.45) is 0 Å². The predicted octanol–water partition coefficient (Wildman–Crippen LogP) is 3.58. The molecule has 0 aromatic heterocycles. The van der Waals surface area contributed by atoms with Crippen LogP contribution in [0.1, 0.15) is 32.3 Å². The van der Waals surface area contributed by atoms with Crippen LogP contribution in [0.2, 0.25) is 5.02 Å². The smallest absolute Gasteiger partial charge is 0.242 e. The molecule has 2 amide bonds. The predicted molar refractivity (Wildman–Crippen MR) is 128 cm³/mol. The van der Waals surface area contributed by atoms with E-state index in [1.807, 2.05) is 0 Å². The number of benzene rings is 2. The van der Waals surface area contributed by atoms with E-state index in [0.717, 1.165) is 10.6 Å². The number of para-hydroxylation sites is 1. The second-order valence-corrected chi connectivity index (χ2v) is 9.89. The molecule has 0 heterocycles. The van der Waals surface area contributed by atoms with Gasteiger partial charge in [0.1, 0.15) is 11.9 Å². The number of sulfonamides is 1. The molecule has 0 radical (unpaired) electrons. The van der Waals surface area contributed by atoms with Gasteiger partial charge in [-0.15, -0.1) is 0 Å². The summed E-state index contributed by atoms with van der Waals surface area (Å²) in [7, 11) is -3.76. The van der Waals surface area contributed by atoms with Gasteiger partial charge >= 0.3 is 0 Å². The molecule has 0 bridgehead atoms. The number of hydrogen-bond acceptors (Lipinski definition) is 4. The highest BCUT2D eigenvalue weighted by molar-refractivity contribution is 7.92. The Bertz CT molecular complexity index is 1080. The first-order valence-electron chi connectivity index (χ1n) is 10.6. The van der Waals surface area contributed by atoms with Gasteiger partial charge in [0.2, 0.25) is 21.8 Å². The molecular weight excluding hydrogens is 469 g/mol. The number of likely N-dealkylation sites (N-methyl/N-ethyl adjacent to an activating group) is 1. The molecule has 0 fully saturated rings. The average Bonchev–Trinajstić information content (AvgIpc) is 2.75. The normalized spacial score (nSPS) is 12.2. The van der Waals surface area contributed by atoms with Gasteiger partial charge in [0.15, 0.2) is 0 Å². The van der Waals surface area contributed by atoms with Crippen LogP contribution in [0.25, 0.3) is 0 Å². The molecule has 0 unspecified atom stereocenters. The minimum absolute atomic E-state index is 0.0331. The number of rotatable bonds is 11. The molecule has 0 aliphatic carbocycles. The Kier molecular flexibility index (Phi) is 9.67. The van der Waals surface area contributed by atoms with Gasteiger partial charge in [-0.25, -0.2) is 12.8 Å². The van der Waals surface area contributed by atoms with Crippen LogP contribution in [0.15, 0.2) is 48.5 Å². The highest BCUT2D eigenvalue weighted by atomic mass is 35.5. The number of hydrogen-bond donors (Lipinski definition) is 1. The number of nitrogens with one attached hydrogen (secondary N) is 1. The molecule has 7 nitrogen and oxygen atoms in total. The van der Waals surface area contributed by atoms with Crippen LogP contribution in [-0.4, -0.2) is 50.5 Å². The summed E-state index contributed by atoms with van der Waals surface area (Å²) in [6.45, 7) is 3.87. The standard InChI is InChI=1S/C23H29ClFN3O4S/c1-4-26-23(30)17(2)27(16-18-10-5-6-11-19(18)24)22(29)14-9-15-28(33(3,31)32)21-13-8-7-12-20(21)25/h5-8,10-13,17H,4,9,14-16H2,1-3H3,(H,26,30)/t17-/m1/s1. The van der Waals surface area contributed by atoms with E-state index in [1.165, 1.54) is 23.1 Å². The molecule has 0 spiro atoms. The summed E-state index contributed by atoms with van der Waals surface area (Å²) in [5, 5.41) is 3.18. The molecule has 1 atom stereocenters. The lowest BCUT2D eigenvalue weighted by Gasteiger charge is -2.29. The monoisotopic (exact) mass is 497 g/mol. The molecule has 33 heavy (non-hydrogen) atoms. The van der Waals surface area contributed by atoms with E-state index < -0.39 is 21.9 Å². The highest BCUT2D eigenvalue weighted by Crippen LogP contribution is 2.23. The third kappa shape index (κ3) is 7.43. The van der Waals surface area contributed by atoms with Gasteiger partial charge in [-0.1, -0.05) is 41.9 Å². The maximum atomic E-state index is 14.2. The van der Waals surface area contributed by atoms with Crippen LogP contribution >= 0.6 is 11.6 Å². The van der Waals surface area contributed by atoms with Gasteiger partial charge < -0.3 is 10.2 Å². The first-order valence-corrected chi connectivity index (χ1v) is 12.8. The van der Waals surface area contributed by atoms with Crippen molar-refractivity contribution >= 4 is 39.1 Å². The first kappa shape index (κ1) is 26.6. The third-order valence-corrected chi connectivity index (χ3v) is 6.64. The molecule has 2 rings (SSSR count). The van der Waals surface area contributed by atoms with Crippen molar-refractivity contribution in [3.63, 3.8) is 0 Å². The second kappa shape index (κ2) is 12.0. The van der Waals surface area contributed by atoms with E-state index >= 15 is 0 Å². The van der Waals surface area contributed by atoms with Crippen molar-refractivity contribution < 1.29 is 22.4 Å². The van der Waals surface area contributed by atoms with Crippen molar-refractivity contribution in [1.82, 2.24) is 10.2 Å². The van der Waals surface area contributed by atoms with Gasteiger partial charge in [-0.05, 0) is 44.0 Å². The minimum Gasteiger partial charge on any atom is -0.355 e. The minimum atomic E-state index is -3.76. The van der Waals surface area contributed by atoms with E-state index in [1.54, 1.807) is 44.2 Å². The SMILES string of the molecule is CCNC(=O)[C@@H](C)N(Cc1ccccc1Cl)C(=O)CCCN(c1ccccc1F)S(C)(=O)=O. The lowest BCUT2D eigenvalue weighted by atomic mass is 10.1. The summed E-state index contributed by atoms with van der Waals surface area (Å²) in [5.41, 5.74) is 0.615. The molecule has 2 aromatic rings. The Morgan fingerprint density at radius 1 is 1.12 bits per heavy atom. The average molecular weight is 498 g/mol. The Morgan fingerprint density at radius 3 is 2.36 bits per heavy atom. The molecule has 2 aromatic carbocycles. The number of carbonyl (C=O) groups is 2. The van der Waals surface area contributed by atoms with E-state index in [0.29, 0.717) is 17.1 Å². The van der Waals surface area contributed by atoms with Crippen LogP contribution < -0.4 is 9.62 Å². The number of anilines is 1. The van der Waals surface area contributed by atoms with Crippen LogP contribution in [0.3, 0.4) is 0 Å². The van der Waals surface area contributed by atoms with Gasteiger partial charge in [0, 0.05) is 31.1 Å². The maximum Gasteiger partial charge on any atom is 0.242 e. The Hall–Kier alpha value is -2.65. The fraction of sp³-hybridized carbons (Fsp3) is 0.391. The van der Waals surface area contributed by atoms with E-state index in [2.05, 4.69) is 5.32 Å². The largest absolute Gasteiger partial charge is 0.355 e. The van der Waals surface area contributed by atoms with Crippen LogP contribution in [0, 0.1) is 5.82 Å². The van der Waals surface area contributed by atoms with Crippen LogP contribution in [0.5, 0.6) is 0 Å². The van der Waals surface area contributed by atoms with Gasteiger partial charge in [-0.3, -0.25) is 13.9 Å². The lowest BCUT2D eigenvalue weighted by Crippen LogP contribution is -2.47. The Labute approximate surface area is 199 Å². The van der Waals surface area contributed by atoms with Crippen molar-refractivity contribution in [3.05, 3.63) is 64.9 Å². The molecule has 180 valence electrons. The zero-order valence-corrected chi connectivity index (χ0v) is 20.5. The molecule has 10 heteroatoms. The topological polar surface area (TPSA) is 86.8 Å². The second-order valence-electron chi connectivity index (χ2n) is 7.57. The fourth-order valence-corrected chi connectivity index (χ4v) is 4.51. The number of amides is 2. The summed E-state index contributed by atoms with van der Waals surface area (Å²) < 4.78 is 39.6. The quantitative estimate of drug-likeness (QED) is 0.514. The number of halogens is 2. The molecule has 1 N–H and O–H groups in total. The first-order chi connectivity index (χ1) is 15.6. The number of nitrogens with zero attached hydrogens (tertiary/aromatic N) is 2. The van der Waals surface area contributed by atoms with Crippen molar-refractivity contribution in [3.8, 4) is 0 Å². The zero-order chi connectivity index (χ0) is 24.6.